The zero-order valence-electron chi connectivity index (χ0n) is 13.9. The topological polar surface area (TPSA) is 56.8 Å². The molecule has 1 unspecified atom stereocenters. The minimum absolute atomic E-state index is 0.0102. The SMILES string of the molecule is COc1ccc(C(=O)NCC2Cc3ccccc3CO2)cc1OC. The zero-order valence-corrected chi connectivity index (χ0v) is 13.9. The van der Waals surface area contributed by atoms with Crippen LogP contribution >= 0.6 is 0 Å². The van der Waals surface area contributed by atoms with E-state index in [2.05, 4.69) is 17.4 Å². The molecule has 24 heavy (non-hydrogen) atoms. The second-order valence-electron chi connectivity index (χ2n) is 5.69. The molecule has 2 aromatic rings. The van der Waals surface area contributed by atoms with E-state index in [0.717, 1.165) is 6.42 Å². The Morgan fingerprint density at radius 1 is 1.12 bits per heavy atom. The quantitative estimate of drug-likeness (QED) is 0.917. The Hall–Kier alpha value is -2.53. The van der Waals surface area contributed by atoms with Gasteiger partial charge in [0.1, 0.15) is 0 Å². The van der Waals surface area contributed by atoms with Crippen LogP contribution in [0.4, 0.5) is 0 Å². The van der Waals surface area contributed by atoms with Crippen molar-refractivity contribution >= 4 is 5.91 Å². The molecule has 2 aromatic carbocycles. The Kier molecular flexibility index (Phi) is 5.01. The average molecular weight is 327 g/mol. The number of hydrogen-bond acceptors (Lipinski definition) is 4. The van der Waals surface area contributed by atoms with Gasteiger partial charge in [-0.2, -0.15) is 0 Å². The number of carbonyl (C=O) groups excluding carboxylic acids is 1. The predicted octanol–water partition coefficient (Wildman–Crippen LogP) is 2.58. The average Bonchev–Trinajstić information content (AvgIpc) is 2.65. The molecule has 1 aliphatic rings. The Balaban J connectivity index is 1.60. The molecule has 0 spiro atoms. The van der Waals surface area contributed by atoms with Gasteiger partial charge in [0.15, 0.2) is 11.5 Å². The molecule has 1 atom stereocenters. The summed E-state index contributed by atoms with van der Waals surface area (Å²) >= 11 is 0. The lowest BCUT2D eigenvalue weighted by atomic mass is 9.99. The van der Waals surface area contributed by atoms with Gasteiger partial charge in [0.2, 0.25) is 0 Å². The number of carbonyl (C=O) groups is 1. The molecular weight excluding hydrogens is 306 g/mol. The molecule has 0 bridgehead atoms. The molecule has 0 saturated carbocycles. The van der Waals surface area contributed by atoms with Gasteiger partial charge >= 0.3 is 0 Å². The molecule has 1 aliphatic heterocycles. The maximum Gasteiger partial charge on any atom is 0.251 e. The fourth-order valence-electron chi connectivity index (χ4n) is 2.83. The lowest BCUT2D eigenvalue weighted by molar-refractivity contribution is 0.0285. The smallest absolute Gasteiger partial charge is 0.251 e. The van der Waals surface area contributed by atoms with Crippen molar-refractivity contribution in [2.45, 2.75) is 19.1 Å². The van der Waals surface area contributed by atoms with Crippen LogP contribution in [0.25, 0.3) is 0 Å². The van der Waals surface area contributed by atoms with Crippen molar-refractivity contribution in [2.24, 2.45) is 0 Å². The van der Waals surface area contributed by atoms with E-state index in [-0.39, 0.29) is 12.0 Å². The highest BCUT2D eigenvalue weighted by atomic mass is 16.5. The Labute approximate surface area is 141 Å². The van der Waals surface area contributed by atoms with Crippen LogP contribution in [0.15, 0.2) is 42.5 Å². The largest absolute Gasteiger partial charge is 0.493 e. The van der Waals surface area contributed by atoms with Crippen LogP contribution in [-0.4, -0.2) is 32.8 Å². The highest BCUT2D eigenvalue weighted by molar-refractivity contribution is 5.94. The lowest BCUT2D eigenvalue weighted by Gasteiger charge is -2.25. The van der Waals surface area contributed by atoms with Crippen molar-refractivity contribution in [3.8, 4) is 11.5 Å². The Bertz CT molecular complexity index is 729. The van der Waals surface area contributed by atoms with E-state index in [1.165, 1.54) is 11.1 Å². The van der Waals surface area contributed by atoms with Gasteiger partial charge in [0.05, 0.1) is 26.9 Å². The molecule has 0 radical (unpaired) electrons. The first-order valence-electron chi connectivity index (χ1n) is 7.90. The van der Waals surface area contributed by atoms with Gasteiger partial charge < -0.3 is 19.5 Å². The summed E-state index contributed by atoms with van der Waals surface area (Å²) in [6.07, 6.45) is 0.798. The van der Waals surface area contributed by atoms with Crippen molar-refractivity contribution in [1.29, 1.82) is 0 Å². The van der Waals surface area contributed by atoms with Crippen LogP contribution < -0.4 is 14.8 Å². The highest BCUT2D eigenvalue weighted by Gasteiger charge is 2.20. The third kappa shape index (κ3) is 3.51. The van der Waals surface area contributed by atoms with Gasteiger partial charge in [-0.05, 0) is 29.3 Å². The number of fused-ring (bicyclic) bond motifs is 1. The van der Waals surface area contributed by atoms with E-state index < -0.39 is 0 Å². The van der Waals surface area contributed by atoms with E-state index in [4.69, 9.17) is 14.2 Å². The molecule has 5 heteroatoms. The van der Waals surface area contributed by atoms with Crippen LogP contribution in [0.3, 0.4) is 0 Å². The monoisotopic (exact) mass is 327 g/mol. The number of benzene rings is 2. The van der Waals surface area contributed by atoms with Crippen LogP contribution in [0.1, 0.15) is 21.5 Å². The molecule has 0 saturated heterocycles. The second-order valence-corrected chi connectivity index (χ2v) is 5.69. The summed E-state index contributed by atoms with van der Waals surface area (Å²) < 4.78 is 16.2. The fraction of sp³-hybridized carbons (Fsp3) is 0.316. The van der Waals surface area contributed by atoms with E-state index in [0.29, 0.717) is 30.2 Å². The van der Waals surface area contributed by atoms with E-state index >= 15 is 0 Å². The molecule has 0 aliphatic carbocycles. The van der Waals surface area contributed by atoms with Crippen LogP contribution in [0, 0.1) is 0 Å². The molecule has 5 nitrogen and oxygen atoms in total. The normalized spacial score (nSPS) is 16.2. The molecule has 0 fully saturated rings. The van der Waals surface area contributed by atoms with E-state index in [1.807, 2.05) is 12.1 Å². The third-order valence-corrected chi connectivity index (χ3v) is 4.18. The van der Waals surface area contributed by atoms with Gasteiger partial charge in [-0.3, -0.25) is 4.79 Å². The summed E-state index contributed by atoms with van der Waals surface area (Å²) in [4.78, 5) is 12.3. The second kappa shape index (κ2) is 7.36. The summed E-state index contributed by atoms with van der Waals surface area (Å²) in [7, 11) is 3.11. The number of rotatable bonds is 5. The minimum Gasteiger partial charge on any atom is -0.493 e. The molecule has 126 valence electrons. The van der Waals surface area contributed by atoms with E-state index in [9.17, 15) is 4.79 Å². The van der Waals surface area contributed by atoms with Crippen molar-refractivity contribution < 1.29 is 19.0 Å². The maximum absolute atomic E-state index is 12.3. The van der Waals surface area contributed by atoms with Gasteiger partial charge in [-0.1, -0.05) is 24.3 Å². The summed E-state index contributed by atoms with van der Waals surface area (Å²) in [5.41, 5.74) is 3.04. The lowest BCUT2D eigenvalue weighted by Crippen LogP contribution is -2.36. The van der Waals surface area contributed by atoms with Crippen molar-refractivity contribution in [3.05, 3.63) is 59.2 Å². The van der Waals surface area contributed by atoms with Crippen molar-refractivity contribution in [2.75, 3.05) is 20.8 Å². The Morgan fingerprint density at radius 3 is 2.62 bits per heavy atom. The minimum atomic E-state index is -0.154. The summed E-state index contributed by atoms with van der Waals surface area (Å²) in [6, 6.07) is 13.3. The highest BCUT2D eigenvalue weighted by Crippen LogP contribution is 2.27. The van der Waals surface area contributed by atoms with Crippen molar-refractivity contribution in [3.63, 3.8) is 0 Å². The summed E-state index contributed by atoms with van der Waals surface area (Å²) in [6.45, 7) is 1.06. The summed E-state index contributed by atoms with van der Waals surface area (Å²) in [5.74, 6) is 0.979. The van der Waals surface area contributed by atoms with Crippen LogP contribution in [-0.2, 0) is 17.8 Å². The Morgan fingerprint density at radius 2 is 1.88 bits per heavy atom. The number of amides is 1. The number of ether oxygens (including phenoxy) is 3. The molecule has 0 aromatic heterocycles. The first kappa shape index (κ1) is 16.3. The predicted molar refractivity (Wildman–Crippen MR) is 90.6 cm³/mol. The fourth-order valence-corrected chi connectivity index (χ4v) is 2.83. The molecule has 1 amide bonds. The van der Waals surface area contributed by atoms with Gasteiger partial charge in [-0.15, -0.1) is 0 Å². The number of methoxy groups -OCH3 is 2. The van der Waals surface area contributed by atoms with Gasteiger partial charge in [0.25, 0.3) is 5.91 Å². The van der Waals surface area contributed by atoms with E-state index in [1.54, 1.807) is 32.4 Å². The standard InChI is InChI=1S/C19H21NO4/c1-22-17-8-7-14(10-18(17)23-2)19(21)20-11-16-9-13-5-3-4-6-15(13)12-24-16/h3-8,10,16H,9,11-12H2,1-2H3,(H,20,21). The summed E-state index contributed by atoms with van der Waals surface area (Å²) in [5, 5.41) is 2.93. The molecule has 3 rings (SSSR count). The first-order chi connectivity index (χ1) is 11.7. The number of nitrogens with one attached hydrogen (secondary N) is 1. The van der Waals surface area contributed by atoms with Crippen molar-refractivity contribution in [1.82, 2.24) is 5.32 Å². The number of hydrogen-bond donors (Lipinski definition) is 1. The van der Waals surface area contributed by atoms with Crippen LogP contribution in [0.5, 0.6) is 11.5 Å². The van der Waals surface area contributed by atoms with Crippen LogP contribution in [0.2, 0.25) is 0 Å². The van der Waals surface area contributed by atoms with Gasteiger partial charge in [-0.25, -0.2) is 0 Å². The third-order valence-electron chi connectivity index (χ3n) is 4.18. The van der Waals surface area contributed by atoms with Gasteiger partial charge in [0, 0.05) is 18.5 Å². The first-order valence-corrected chi connectivity index (χ1v) is 7.90. The maximum atomic E-state index is 12.3. The molecular formula is C19H21NO4. The zero-order chi connectivity index (χ0) is 16.9. The molecule has 1 heterocycles. The molecule has 1 N–H and O–H groups in total.